The first-order valence-corrected chi connectivity index (χ1v) is 9.48. The summed E-state index contributed by atoms with van der Waals surface area (Å²) in [6, 6.07) is 10.3. The van der Waals surface area contributed by atoms with E-state index in [9.17, 15) is 14.9 Å². The van der Waals surface area contributed by atoms with Crippen molar-refractivity contribution in [3.05, 3.63) is 74.2 Å². The van der Waals surface area contributed by atoms with Crippen LogP contribution >= 0.6 is 11.6 Å². The lowest BCUT2D eigenvalue weighted by atomic mass is 10.2. The zero-order valence-electron chi connectivity index (χ0n) is 16.6. The molecule has 0 N–H and O–H groups in total. The Kier molecular flexibility index (Phi) is 6.19. The number of benzene rings is 1. The van der Waals surface area contributed by atoms with E-state index in [2.05, 4.69) is 4.98 Å². The number of fused-ring (bicyclic) bond motifs is 1. The van der Waals surface area contributed by atoms with Crippen LogP contribution in [0.5, 0.6) is 11.6 Å². The number of hydrogen-bond donors (Lipinski definition) is 0. The van der Waals surface area contributed by atoms with Crippen molar-refractivity contribution in [3.8, 4) is 17.7 Å². The summed E-state index contributed by atoms with van der Waals surface area (Å²) >= 11 is 6.07. The molecule has 0 saturated heterocycles. The average Bonchev–Trinajstić information content (AvgIpc) is 2.71. The summed E-state index contributed by atoms with van der Waals surface area (Å²) < 4.78 is 12.1. The lowest BCUT2D eigenvalue weighted by molar-refractivity contribution is -0.137. The minimum Gasteiger partial charge on any atom is -0.462 e. The van der Waals surface area contributed by atoms with E-state index in [1.807, 2.05) is 19.9 Å². The fourth-order valence-corrected chi connectivity index (χ4v) is 2.89. The third kappa shape index (κ3) is 4.19. The fourth-order valence-electron chi connectivity index (χ4n) is 2.78. The van der Waals surface area contributed by atoms with Gasteiger partial charge in [-0.3, -0.25) is 9.20 Å². The number of esters is 1. The Bertz CT molecular complexity index is 1270. The molecule has 0 amide bonds. The van der Waals surface area contributed by atoms with Crippen molar-refractivity contribution in [1.82, 2.24) is 9.38 Å². The standard InChI is InChI=1S/C22H18ClN3O4/c1-4-29-22(28)15(12-24)11-17-20(30-16-7-8-18(23)14(3)10-16)25-19-13(2)6-5-9-26(19)21(17)27/h5-11H,4H2,1-3H3. The Morgan fingerprint density at radius 1 is 1.30 bits per heavy atom. The molecule has 0 unspecified atom stereocenters. The van der Waals surface area contributed by atoms with Crippen molar-refractivity contribution < 1.29 is 14.3 Å². The number of ether oxygens (including phenoxy) is 2. The maximum absolute atomic E-state index is 13.2. The summed E-state index contributed by atoms with van der Waals surface area (Å²) in [6.45, 7) is 5.35. The maximum atomic E-state index is 13.2. The van der Waals surface area contributed by atoms with E-state index < -0.39 is 11.5 Å². The molecule has 2 heterocycles. The highest BCUT2D eigenvalue weighted by molar-refractivity contribution is 6.31. The van der Waals surface area contributed by atoms with Crippen LogP contribution in [0.4, 0.5) is 0 Å². The van der Waals surface area contributed by atoms with E-state index >= 15 is 0 Å². The molecule has 152 valence electrons. The van der Waals surface area contributed by atoms with Crippen molar-refractivity contribution in [3.63, 3.8) is 0 Å². The van der Waals surface area contributed by atoms with Gasteiger partial charge in [0.25, 0.3) is 5.56 Å². The van der Waals surface area contributed by atoms with E-state index in [4.69, 9.17) is 21.1 Å². The van der Waals surface area contributed by atoms with Crippen LogP contribution in [0.2, 0.25) is 5.02 Å². The predicted octanol–water partition coefficient (Wildman–Crippen LogP) is 4.23. The van der Waals surface area contributed by atoms with Gasteiger partial charge >= 0.3 is 5.97 Å². The second kappa shape index (κ2) is 8.80. The van der Waals surface area contributed by atoms with Crippen molar-refractivity contribution in [2.75, 3.05) is 6.61 Å². The molecular weight excluding hydrogens is 406 g/mol. The number of halogens is 1. The molecule has 0 atom stereocenters. The van der Waals surface area contributed by atoms with Gasteiger partial charge in [-0.2, -0.15) is 10.2 Å². The van der Waals surface area contributed by atoms with Gasteiger partial charge in [-0.25, -0.2) is 4.79 Å². The Morgan fingerprint density at radius 3 is 2.73 bits per heavy atom. The number of aryl methyl sites for hydroxylation is 2. The summed E-state index contributed by atoms with van der Waals surface area (Å²) in [6.07, 6.45) is 2.70. The molecule has 0 radical (unpaired) electrons. The smallest absolute Gasteiger partial charge is 0.348 e. The molecule has 0 fully saturated rings. The average molecular weight is 424 g/mol. The Morgan fingerprint density at radius 2 is 2.07 bits per heavy atom. The highest BCUT2D eigenvalue weighted by Gasteiger charge is 2.18. The van der Waals surface area contributed by atoms with Crippen LogP contribution in [0.15, 0.2) is 46.9 Å². The van der Waals surface area contributed by atoms with Gasteiger partial charge in [-0.1, -0.05) is 17.7 Å². The zero-order valence-corrected chi connectivity index (χ0v) is 17.4. The zero-order chi connectivity index (χ0) is 21.8. The van der Waals surface area contributed by atoms with Crippen LogP contribution in [0.3, 0.4) is 0 Å². The normalized spacial score (nSPS) is 11.2. The van der Waals surface area contributed by atoms with Crippen molar-refractivity contribution in [1.29, 1.82) is 5.26 Å². The van der Waals surface area contributed by atoms with E-state index in [1.165, 1.54) is 4.40 Å². The molecule has 1 aromatic carbocycles. The Labute approximate surface area is 177 Å². The molecule has 0 aliphatic carbocycles. The Hall–Kier alpha value is -3.63. The minimum absolute atomic E-state index is 0.0342. The summed E-state index contributed by atoms with van der Waals surface area (Å²) in [5, 5.41) is 9.94. The molecule has 0 aliphatic heterocycles. The quantitative estimate of drug-likeness (QED) is 0.346. The van der Waals surface area contributed by atoms with Gasteiger partial charge in [0.05, 0.1) is 6.61 Å². The maximum Gasteiger partial charge on any atom is 0.348 e. The number of carbonyl (C=O) groups is 1. The highest BCUT2D eigenvalue weighted by Crippen LogP contribution is 2.28. The first-order valence-electron chi connectivity index (χ1n) is 9.10. The van der Waals surface area contributed by atoms with E-state index in [1.54, 1.807) is 43.5 Å². The van der Waals surface area contributed by atoms with Gasteiger partial charge < -0.3 is 9.47 Å². The van der Waals surface area contributed by atoms with Gasteiger partial charge in [0.1, 0.15) is 28.6 Å². The first kappa shape index (κ1) is 21.1. The number of pyridine rings is 1. The van der Waals surface area contributed by atoms with Crippen molar-refractivity contribution in [2.45, 2.75) is 20.8 Å². The van der Waals surface area contributed by atoms with Crippen LogP contribution in [0.25, 0.3) is 11.7 Å². The van der Waals surface area contributed by atoms with E-state index in [0.717, 1.165) is 17.2 Å². The monoisotopic (exact) mass is 423 g/mol. The predicted molar refractivity (Wildman–Crippen MR) is 113 cm³/mol. The van der Waals surface area contributed by atoms with Crippen LogP contribution in [0.1, 0.15) is 23.6 Å². The molecule has 0 bridgehead atoms. The second-order valence-corrected chi connectivity index (χ2v) is 6.83. The van der Waals surface area contributed by atoms with Crippen LogP contribution in [0, 0.1) is 25.2 Å². The van der Waals surface area contributed by atoms with Crippen LogP contribution < -0.4 is 10.3 Å². The molecule has 7 nitrogen and oxygen atoms in total. The largest absolute Gasteiger partial charge is 0.462 e. The van der Waals surface area contributed by atoms with Gasteiger partial charge in [0.2, 0.25) is 5.88 Å². The summed E-state index contributed by atoms with van der Waals surface area (Å²) in [7, 11) is 0. The second-order valence-electron chi connectivity index (χ2n) is 6.42. The molecule has 0 spiro atoms. The lowest BCUT2D eigenvalue weighted by Gasteiger charge is -2.12. The number of nitrogens with zero attached hydrogens (tertiary/aromatic N) is 3. The number of hydrogen-bond acceptors (Lipinski definition) is 6. The first-order chi connectivity index (χ1) is 14.3. The third-order valence-corrected chi connectivity index (χ3v) is 4.72. The molecule has 0 aliphatic rings. The summed E-state index contributed by atoms with van der Waals surface area (Å²) in [4.78, 5) is 29.7. The van der Waals surface area contributed by atoms with E-state index in [-0.39, 0.29) is 23.6 Å². The fraction of sp³-hybridized carbons (Fsp3) is 0.182. The number of nitriles is 1. The van der Waals surface area contributed by atoms with Gasteiger partial charge in [-0.15, -0.1) is 0 Å². The molecule has 0 saturated carbocycles. The number of carbonyl (C=O) groups excluding carboxylic acids is 1. The molecule has 30 heavy (non-hydrogen) atoms. The van der Waals surface area contributed by atoms with Crippen molar-refractivity contribution in [2.24, 2.45) is 0 Å². The van der Waals surface area contributed by atoms with Gasteiger partial charge in [-0.05, 0) is 62.2 Å². The number of rotatable bonds is 5. The SMILES string of the molecule is CCOC(=O)C(C#N)=Cc1c(Oc2ccc(Cl)c(C)c2)nc2c(C)cccn2c1=O. The summed E-state index contributed by atoms with van der Waals surface area (Å²) in [5.74, 6) is -0.457. The van der Waals surface area contributed by atoms with Crippen molar-refractivity contribution >= 4 is 29.3 Å². The topological polar surface area (TPSA) is 93.7 Å². The Balaban J connectivity index is 2.25. The molecule has 2 aromatic heterocycles. The van der Waals surface area contributed by atoms with Crippen LogP contribution in [-0.2, 0) is 9.53 Å². The molecule has 3 rings (SSSR count). The number of aromatic nitrogens is 2. The van der Waals surface area contributed by atoms with Gasteiger partial charge in [0, 0.05) is 11.2 Å². The minimum atomic E-state index is -0.831. The van der Waals surface area contributed by atoms with Gasteiger partial charge in [0.15, 0.2) is 0 Å². The molecule has 3 aromatic rings. The summed E-state index contributed by atoms with van der Waals surface area (Å²) in [5.41, 5.74) is 1.07. The van der Waals surface area contributed by atoms with Crippen LogP contribution in [-0.4, -0.2) is 22.0 Å². The third-order valence-electron chi connectivity index (χ3n) is 4.30. The highest BCUT2D eigenvalue weighted by atomic mass is 35.5. The molecular formula is C22H18ClN3O4. The lowest BCUT2D eigenvalue weighted by Crippen LogP contribution is -2.20. The van der Waals surface area contributed by atoms with E-state index in [0.29, 0.717) is 16.4 Å². The molecule has 8 heteroatoms.